The molecule has 5 nitrogen and oxygen atoms in total. The molecule has 0 saturated carbocycles. The first-order valence-electron chi connectivity index (χ1n) is 9.46. The first kappa shape index (κ1) is 20.1. The zero-order valence-corrected chi connectivity index (χ0v) is 16.8. The Morgan fingerprint density at radius 3 is 2.39 bits per heavy atom. The molecule has 0 bridgehead atoms. The first-order chi connectivity index (χ1) is 13.2. The van der Waals surface area contributed by atoms with Gasteiger partial charge in [0.15, 0.2) is 0 Å². The molecule has 28 heavy (non-hydrogen) atoms. The Morgan fingerprint density at radius 1 is 1.04 bits per heavy atom. The number of amides is 1. The van der Waals surface area contributed by atoms with Crippen LogP contribution in [0.15, 0.2) is 60.8 Å². The molecule has 2 heterocycles. The summed E-state index contributed by atoms with van der Waals surface area (Å²) in [5, 5.41) is 0. The van der Waals surface area contributed by atoms with Gasteiger partial charge < -0.3 is 9.80 Å². The summed E-state index contributed by atoms with van der Waals surface area (Å²) >= 11 is 0. The van der Waals surface area contributed by atoms with Crippen molar-refractivity contribution in [1.82, 2.24) is 14.9 Å². The first-order valence-corrected chi connectivity index (χ1v) is 9.46. The summed E-state index contributed by atoms with van der Waals surface area (Å²) in [5.41, 5.74) is 2.99. The normalized spacial score (nSPS) is 14.5. The Balaban J connectivity index is 0.00000225. The van der Waals surface area contributed by atoms with Gasteiger partial charge in [-0.15, -0.1) is 12.4 Å². The Hall–Kier alpha value is -2.66. The maximum absolute atomic E-state index is 12.8. The molecular formula is C22H25ClN4O. The second kappa shape index (κ2) is 9.02. The molecule has 1 aliphatic heterocycles. The predicted octanol–water partition coefficient (Wildman–Crippen LogP) is 3.93. The Kier molecular flexibility index (Phi) is 6.47. The average Bonchev–Trinajstić information content (AvgIpc) is 2.73. The maximum Gasteiger partial charge on any atom is 0.225 e. The number of hydrogen-bond donors (Lipinski definition) is 0. The van der Waals surface area contributed by atoms with Crippen LogP contribution in [0.3, 0.4) is 0 Å². The van der Waals surface area contributed by atoms with E-state index in [1.54, 1.807) is 0 Å². The number of anilines is 1. The molecule has 1 amide bonds. The minimum Gasteiger partial charge on any atom is -0.355 e. The van der Waals surface area contributed by atoms with Crippen LogP contribution in [0.1, 0.15) is 18.4 Å². The lowest BCUT2D eigenvalue weighted by molar-refractivity contribution is -0.135. The van der Waals surface area contributed by atoms with Crippen LogP contribution < -0.4 is 4.90 Å². The van der Waals surface area contributed by atoms with Crippen LogP contribution in [0.25, 0.3) is 11.0 Å². The van der Waals surface area contributed by atoms with Gasteiger partial charge in [-0.2, -0.15) is 0 Å². The highest BCUT2D eigenvalue weighted by Crippen LogP contribution is 2.24. The van der Waals surface area contributed by atoms with Crippen LogP contribution >= 0.6 is 12.4 Å². The molecule has 146 valence electrons. The van der Waals surface area contributed by atoms with Gasteiger partial charge >= 0.3 is 0 Å². The Morgan fingerprint density at radius 2 is 1.68 bits per heavy atom. The van der Waals surface area contributed by atoms with E-state index in [0.29, 0.717) is 6.54 Å². The number of carbonyl (C=O) groups is 1. The summed E-state index contributed by atoms with van der Waals surface area (Å²) in [5.74, 6) is 1.23. The molecule has 0 atom stereocenters. The zero-order chi connectivity index (χ0) is 18.6. The summed E-state index contributed by atoms with van der Waals surface area (Å²) in [4.78, 5) is 26.1. The number of nitrogens with zero attached hydrogens (tertiary/aromatic N) is 4. The zero-order valence-electron chi connectivity index (χ0n) is 16.0. The van der Waals surface area contributed by atoms with Crippen molar-refractivity contribution >= 4 is 35.2 Å². The van der Waals surface area contributed by atoms with Crippen LogP contribution in [0.2, 0.25) is 0 Å². The van der Waals surface area contributed by atoms with E-state index in [2.05, 4.69) is 22.0 Å². The molecule has 0 aliphatic carbocycles. The van der Waals surface area contributed by atoms with Crippen LogP contribution in [0.5, 0.6) is 0 Å². The standard InChI is InChI=1S/C22H24N4O.ClH/c1-25(16-17-7-3-2-4-8-17)22(27)18-11-13-26(14-12-18)21-15-23-19-9-5-6-10-20(19)24-21;/h2-10,15,18H,11-14,16H2,1H3;1H. The fourth-order valence-electron chi connectivity index (χ4n) is 3.70. The van der Waals surface area contributed by atoms with Crippen molar-refractivity contribution in [3.8, 4) is 0 Å². The molecule has 1 saturated heterocycles. The quantitative estimate of drug-likeness (QED) is 0.670. The van der Waals surface area contributed by atoms with Crippen LogP contribution in [0.4, 0.5) is 5.82 Å². The van der Waals surface area contributed by atoms with E-state index in [0.717, 1.165) is 48.3 Å². The highest BCUT2D eigenvalue weighted by molar-refractivity contribution is 5.85. The molecule has 6 heteroatoms. The summed E-state index contributed by atoms with van der Waals surface area (Å²) < 4.78 is 0. The lowest BCUT2D eigenvalue weighted by Crippen LogP contribution is -2.41. The van der Waals surface area contributed by atoms with Crippen LogP contribution in [-0.4, -0.2) is 40.9 Å². The van der Waals surface area contributed by atoms with Crippen molar-refractivity contribution in [2.75, 3.05) is 25.0 Å². The van der Waals surface area contributed by atoms with Crippen molar-refractivity contribution in [2.45, 2.75) is 19.4 Å². The number of para-hydroxylation sites is 2. The van der Waals surface area contributed by atoms with Crippen molar-refractivity contribution in [3.05, 3.63) is 66.4 Å². The number of carbonyl (C=O) groups excluding carboxylic acids is 1. The van der Waals surface area contributed by atoms with E-state index in [9.17, 15) is 4.79 Å². The van der Waals surface area contributed by atoms with Gasteiger partial charge in [-0.05, 0) is 30.5 Å². The molecule has 1 aromatic heterocycles. The fourth-order valence-corrected chi connectivity index (χ4v) is 3.70. The lowest BCUT2D eigenvalue weighted by atomic mass is 9.95. The summed E-state index contributed by atoms with van der Waals surface area (Å²) in [6.07, 6.45) is 3.55. The Bertz CT molecular complexity index is 926. The molecule has 0 unspecified atom stereocenters. The van der Waals surface area contributed by atoms with Gasteiger partial charge in [0.2, 0.25) is 5.91 Å². The van der Waals surface area contributed by atoms with E-state index >= 15 is 0 Å². The second-order valence-electron chi connectivity index (χ2n) is 7.16. The van der Waals surface area contributed by atoms with Gasteiger partial charge in [-0.1, -0.05) is 42.5 Å². The van der Waals surface area contributed by atoms with E-state index in [4.69, 9.17) is 4.98 Å². The molecule has 3 aromatic rings. The minimum absolute atomic E-state index is 0. The van der Waals surface area contributed by atoms with E-state index in [1.165, 1.54) is 0 Å². The van der Waals surface area contributed by atoms with Gasteiger partial charge in [0.1, 0.15) is 5.82 Å². The van der Waals surface area contributed by atoms with Gasteiger partial charge in [-0.3, -0.25) is 9.78 Å². The van der Waals surface area contributed by atoms with E-state index in [1.807, 2.05) is 60.6 Å². The van der Waals surface area contributed by atoms with Gasteiger partial charge in [0.05, 0.1) is 17.2 Å². The second-order valence-corrected chi connectivity index (χ2v) is 7.16. The number of halogens is 1. The molecule has 0 radical (unpaired) electrons. The van der Waals surface area contributed by atoms with Crippen molar-refractivity contribution in [1.29, 1.82) is 0 Å². The van der Waals surface area contributed by atoms with Gasteiger partial charge in [0, 0.05) is 32.6 Å². The predicted molar refractivity (Wildman–Crippen MR) is 115 cm³/mol. The molecule has 0 N–H and O–H groups in total. The largest absolute Gasteiger partial charge is 0.355 e. The average molecular weight is 397 g/mol. The third-order valence-electron chi connectivity index (χ3n) is 5.24. The number of benzene rings is 2. The maximum atomic E-state index is 12.8. The Labute approximate surface area is 171 Å². The van der Waals surface area contributed by atoms with Crippen molar-refractivity contribution in [2.24, 2.45) is 5.92 Å². The highest BCUT2D eigenvalue weighted by atomic mass is 35.5. The number of fused-ring (bicyclic) bond motifs is 1. The van der Waals surface area contributed by atoms with Gasteiger partial charge in [-0.25, -0.2) is 4.98 Å². The fraction of sp³-hybridized carbons (Fsp3) is 0.318. The SMILES string of the molecule is CN(Cc1ccccc1)C(=O)C1CCN(c2cnc3ccccc3n2)CC1.Cl. The van der Waals surface area contributed by atoms with E-state index in [-0.39, 0.29) is 24.2 Å². The molecule has 1 aliphatic rings. The number of piperidine rings is 1. The lowest BCUT2D eigenvalue weighted by Gasteiger charge is -2.33. The monoisotopic (exact) mass is 396 g/mol. The smallest absolute Gasteiger partial charge is 0.225 e. The van der Waals surface area contributed by atoms with Crippen molar-refractivity contribution in [3.63, 3.8) is 0 Å². The number of hydrogen-bond acceptors (Lipinski definition) is 4. The molecule has 4 rings (SSSR count). The molecule has 1 fully saturated rings. The molecule has 0 spiro atoms. The van der Waals surface area contributed by atoms with Gasteiger partial charge in [0.25, 0.3) is 0 Å². The van der Waals surface area contributed by atoms with Crippen LogP contribution in [-0.2, 0) is 11.3 Å². The summed E-state index contributed by atoms with van der Waals surface area (Å²) in [7, 11) is 1.90. The number of rotatable bonds is 4. The minimum atomic E-state index is 0. The third-order valence-corrected chi connectivity index (χ3v) is 5.24. The molecular weight excluding hydrogens is 372 g/mol. The molecule has 2 aromatic carbocycles. The third kappa shape index (κ3) is 4.42. The topological polar surface area (TPSA) is 49.3 Å². The van der Waals surface area contributed by atoms with Crippen molar-refractivity contribution < 1.29 is 4.79 Å². The van der Waals surface area contributed by atoms with E-state index < -0.39 is 0 Å². The summed E-state index contributed by atoms with van der Waals surface area (Å²) in [6, 6.07) is 18.0. The van der Waals surface area contributed by atoms with Crippen LogP contribution in [0, 0.1) is 5.92 Å². The highest BCUT2D eigenvalue weighted by Gasteiger charge is 2.27. The summed E-state index contributed by atoms with van der Waals surface area (Å²) in [6.45, 7) is 2.33. The number of aromatic nitrogens is 2.